The Morgan fingerprint density at radius 3 is 2.62 bits per heavy atom. The second kappa shape index (κ2) is 6.32. The van der Waals surface area contributed by atoms with Crippen LogP contribution in [0.5, 0.6) is 0 Å². The lowest BCUT2D eigenvalue weighted by Gasteiger charge is -2.17. The van der Waals surface area contributed by atoms with E-state index < -0.39 is 0 Å². The predicted molar refractivity (Wildman–Crippen MR) is 49.5 cm³/mol. The molecule has 0 aromatic rings. The van der Waals surface area contributed by atoms with Gasteiger partial charge in [-0.2, -0.15) is 0 Å². The zero-order chi connectivity index (χ0) is 9.52. The van der Waals surface area contributed by atoms with Crippen LogP contribution in [0.2, 0.25) is 0 Å². The number of aliphatic hydroxyl groups excluding tert-OH is 1. The van der Waals surface area contributed by atoms with Gasteiger partial charge in [0, 0.05) is 26.1 Å². The van der Waals surface area contributed by atoms with E-state index in [0.717, 1.165) is 39.1 Å². The molecule has 1 N–H and O–H groups in total. The van der Waals surface area contributed by atoms with Crippen LogP contribution in [-0.4, -0.2) is 56.3 Å². The van der Waals surface area contributed by atoms with Crippen molar-refractivity contribution in [3.8, 4) is 0 Å². The van der Waals surface area contributed by atoms with Crippen LogP contribution in [0.3, 0.4) is 0 Å². The molecule has 0 aromatic carbocycles. The lowest BCUT2D eigenvalue weighted by atomic mass is 10.3. The quantitative estimate of drug-likeness (QED) is 0.641. The first-order valence-electron chi connectivity index (χ1n) is 4.85. The van der Waals surface area contributed by atoms with Crippen LogP contribution in [0.1, 0.15) is 12.8 Å². The van der Waals surface area contributed by atoms with Gasteiger partial charge in [0.1, 0.15) is 0 Å². The van der Waals surface area contributed by atoms with Crippen LogP contribution >= 0.6 is 0 Å². The van der Waals surface area contributed by atoms with Gasteiger partial charge in [0.05, 0.1) is 13.2 Å². The predicted octanol–water partition coefficient (Wildman–Crippen LogP) is 0.0636. The molecule has 13 heavy (non-hydrogen) atoms. The van der Waals surface area contributed by atoms with Crippen LogP contribution in [0.25, 0.3) is 0 Å². The molecule has 1 saturated heterocycles. The van der Waals surface area contributed by atoms with Crippen LogP contribution in [-0.2, 0) is 9.47 Å². The zero-order valence-electron chi connectivity index (χ0n) is 8.24. The zero-order valence-corrected chi connectivity index (χ0v) is 8.24. The molecule has 0 amide bonds. The minimum atomic E-state index is -0.00317. The van der Waals surface area contributed by atoms with Gasteiger partial charge in [-0.3, -0.25) is 0 Å². The number of nitrogens with zero attached hydrogens (tertiary/aromatic N) is 1. The van der Waals surface area contributed by atoms with Crippen molar-refractivity contribution in [2.45, 2.75) is 19.1 Å². The van der Waals surface area contributed by atoms with Crippen LogP contribution in [0.15, 0.2) is 0 Å². The summed E-state index contributed by atoms with van der Waals surface area (Å²) in [5, 5.41) is 8.62. The molecule has 0 saturated carbocycles. The maximum Gasteiger partial charge on any atom is 0.159 e. The van der Waals surface area contributed by atoms with Gasteiger partial charge in [0.2, 0.25) is 0 Å². The van der Waals surface area contributed by atoms with Gasteiger partial charge in [0.25, 0.3) is 0 Å². The molecule has 4 nitrogen and oxygen atoms in total. The maximum atomic E-state index is 8.62. The summed E-state index contributed by atoms with van der Waals surface area (Å²) >= 11 is 0. The molecule has 1 aliphatic heterocycles. The summed E-state index contributed by atoms with van der Waals surface area (Å²) in [6.07, 6.45) is 1.75. The van der Waals surface area contributed by atoms with Crippen molar-refractivity contribution < 1.29 is 14.6 Å². The van der Waals surface area contributed by atoms with Gasteiger partial charge < -0.3 is 19.5 Å². The first kappa shape index (κ1) is 10.9. The highest BCUT2D eigenvalue weighted by atomic mass is 16.7. The number of hydrogen-bond donors (Lipinski definition) is 1. The van der Waals surface area contributed by atoms with Crippen LogP contribution in [0.4, 0.5) is 0 Å². The molecule has 0 unspecified atom stereocenters. The lowest BCUT2D eigenvalue weighted by molar-refractivity contribution is -0.0506. The molecule has 0 aromatic heterocycles. The summed E-state index contributed by atoms with van der Waals surface area (Å²) in [6.45, 7) is 3.62. The monoisotopic (exact) mass is 189 g/mol. The minimum Gasteiger partial charge on any atom is -0.396 e. The highest BCUT2D eigenvalue weighted by Gasteiger charge is 2.15. The first-order chi connectivity index (χ1) is 6.33. The summed E-state index contributed by atoms with van der Waals surface area (Å²) in [5.41, 5.74) is 0. The van der Waals surface area contributed by atoms with Crippen molar-refractivity contribution in [3.05, 3.63) is 0 Å². The molecule has 1 fully saturated rings. The van der Waals surface area contributed by atoms with Gasteiger partial charge in [-0.15, -0.1) is 0 Å². The van der Waals surface area contributed by atoms with Crippen molar-refractivity contribution in [2.24, 2.45) is 0 Å². The molecule has 1 rings (SSSR count). The summed E-state index contributed by atoms with van der Waals surface area (Å²) in [6, 6.07) is 0. The molecular weight excluding hydrogens is 170 g/mol. The maximum absolute atomic E-state index is 8.62. The lowest BCUT2D eigenvalue weighted by Crippen LogP contribution is -2.25. The van der Waals surface area contributed by atoms with E-state index in [1.54, 1.807) is 0 Å². The summed E-state index contributed by atoms with van der Waals surface area (Å²) in [4.78, 5) is 2.18. The highest BCUT2D eigenvalue weighted by molar-refractivity contribution is 4.57. The molecule has 0 spiro atoms. The van der Waals surface area contributed by atoms with Gasteiger partial charge >= 0.3 is 0 Å². The average Bonchev–Trinajstić information content (AvgIpc) is 2.64. The van der Waals surface area contributed by atoms with E-state index >= 15 is 0 Å². The smallest absolute Gasteiger partial charge is 0.159 e. The fraction of sp³-hybridized carbons (Fsp3) is 1.00. The fourth-order valence-electron chi connectivity index (χ4n) is 1.35. The van der Waals surface area contributed by atoms with Gasteiger partial charge in [-0.05, 0) is 13.5 Å². The summed E-state index contributed by atoms with van der Waals surface area (Å²) in [7, 11) is 2.05. The third kappa shape index (κ3) is 4.57. The first-order valence-corrected chi connectivity index (χ1v) is 4.85. The second-order valence-electron chi connectivity index (χ2n) is 3.34. The van der Waals surface area contributed by atoms with Crippen molar-refractivity contribution in [1.29, 1.82) is 0 Å². The number of ether oxygens (including phenoxy) is 2. The van der Waals surface area contributed by atoms with Crippen molar-refractivity contribution >= 4 is 0 Å². The highest BCUT2D eigenvalue weighted by Crippen LogP contribution is 2.08. The second-order valence-corrected chi connectivity index (χ2v) is 3.34. The average molecular weight is 189 g/mol. The number of aliphatic hydroxyl groups is 1. The largest absolute Gasteiger partial charge is 0.396 e. The van der Waals surface area contributed by atoms with Crippen molar-refractivity contribution in [1.82, 2.24) is 4.90 Å². The molecule has 0 radical (unpaired) electrons. The summed E-state index contributed by atoms with van der Waals surface area (Å²) < 4.78 is 10.6. The number of hydrogen-bond acceptors (Lipinski definition) is 4. The topological polar surface area (TPSA) is 41.9 Å². The van der Waals surface area contributed by atoms with E-state index in [9.17, 15) is 0 Å². The fourth-order valence-corrected chi connectivity index (χ4v) is 1.35. The molecular formula is C9H19NO3. The normalized spacial score (nSPS) is 18.7. The van der Waals surface area contributed by atoms with Gasteiger partial charge in [0.15, 0.2) is 6.29 Å². The third-order valence-corrected chi connectivity index (χ3v) is 2.14. The SMILES string of the molecule is CN(CCCO)CCC1OCCO1. The molecule has 1 aliphatic rings. The Morgan fingerprint density at radius 1 is 1.31 bits per heavy atom. The van der Waals surface area contributed by atoms with Crippen molar-refractivity contribution in [3.63, 3.8) is 0 Å². The Kier molecular flexibility index (Phi) is 5.31. The molecule has 0 bridgehead atoms. The third-order valence-electron chi connectivity index (χ3n) is 2.14. The molecule has 0 aliphatic carbocycles. The Morgan fingerprint density at radius 2 is 2.00 bits per heavy atom. The van der Waals surface area contributed by atoms with E-state index in [-0.39, 0.29) is 12.9 Å². The van der Waals surface area contributed by atoms with E-state index in [0.29, 0.717) is 0 Å². The standard InChI is InChI=1S/C9H19NO3/c1-10(4-2-6-11)5-3-9-12-7-8-13-9/h9,11H,2-8H2,1H3. The van der Waals surface area contributed by atoms with E-state index in [1.165, 1.54) is 0 Å². The molecule has 1 heterocycles. The van der Waals surface area contributed by atoms with Crippen LogP contribution in [0, 0.1) is 0 Å². The molecule has 78 valence electrons. The number of rotatable bonds is 6. The Labute approximate surface area is 79.4 Å². The summed E-state index contributed by atoms with van der Waals surface area (Å²) in [5.74, 6) is 0. The Balaban J connectivity index is 1.97. The van der Waals surface area contributed by atoms with Gasteiger partial charge in [-0.25, -0.2) is 0 Å². The Hall–Kier alpha value is -0.160. The minimum absolute atomic E-state index is 0.00317. The van der Waals surface area contributed by atoms with E-state index in [1.807, 2.05) is 7.05 Å². The Bertz CT molecular complexity index is 126. The van der Waals surface area contributed by atoms with Gasteiger partial charge in [-0.1, -0.05) is 0 Å². The molecule has 0 atom stereocenters. The molecule has 4 heteroatoms. The van der Waals surface area contributed by atoms with E-state index in [4.69, 9.17) is 14.6 Å². The van der Waals surface area contributed by atoms with Crippen LogP contribution < -0.4 is 0 Å². The van der Waals surface area contributed by atoms with Crippen molar-refractivity contribution in [2.75, 3.05) is 40.0 Å². The van der Waals surface area contributed by atoms with E-state index in [2.05, 4.69) is 4.90 Å².